The second-order valence-electron chi connectivity index (χ2n) is 6.26. The number of amides is 2. The molecule has 1 N–H and O–H groups in total. The highest BCUT2D eigenvalue weighted by atomic mass is 32.2. The lowest BCUT2D eigenvalue weighted by Gasteiger charge is -2.15. The minimum atomic E-state index is -3.74. The Hall–Kier alpha value is -3.19. The molecular formula is C20H16N2O4S. The first kappa shape index (κ1) is 17.2. The topological polar surface area (TPSA) is 83.6 Å². The minimum absolute atomic E-state index is 0.202. The van der Waals surface area contributed by atoms with Gasteiger partial charge in [-0.25, -0.2) is 8.42 Å². The van der Waals surface area contributed by atoms with Gasteiger partial charge in [-0.2, -0.15) is 0 Å². The Morgan fingerprint density at radius 3 is 2.07 bits per heavy atom. The van der Waals surface area contributed by atoms with E-state index in [0.717, 1.165) is 15.7 Å². The average molecular weight is 380 g/mol. The summed E-state index contributed by atoms with van der Waals surface area (Å²) in [5.41, 5.74) is 1.08. The zero-order valence-electron chi connectivity index (χ0n) is 14.3. The van der Waals surface area contributed by atoms with E-state index in [1.54, 1.807) is 36.4 Å². The van der Waals surface area contributed by atoms with Crippen molar-refractivity contribution < 1.29 is 18.0 Å². The molecule has 0 fully saturated rings. The maximum atomic E-state index is 12.5. The fraction of sp³-hybridized carbons (Fsp3) is 0.100. The number of fused-ring (bicyclic) bond motifs is 2. The zero-order valence-corrected chi connectivity index (χ0v) is 15.1. The molecule has 27 heavy (non-hydrogen) atoms. The van der Waals surface area contributed by atoms with Crippen molar-refractivity contribution in [2.24, 2.45) is 0 Å². The predicted molar refractivity (Wildman–Crippen MR) is 103 cm³/mol. The van der Waals surface area contributed by atoms with E-state index in [4.69, 9.17) is 0 Å². The van der Waals surface area contributed by atoms with Crippen LogP contribution in [0, 0.1) is 0 Å². The average Bonchev–Trinajstić information content (AvgIpc) is 2.91. The monoisotopic (exact) mass is 380 g/mol. The van der Waals surface area contributed by atoms with Crippen molar-refractivity contribution in [1.29, 1.82) is 0 Å². The van der Waals surface area contributed by atoms with Crippen LogP contribution in [0.2, 0.25) is 0 Å². The largest absolute Gasteiger partial charge is 0.283 e. The number of carbonyl (C=O) groups is 2. The van der Waals surface area contributed by atoms with Crippen LogP contribution in [0.15, 0.2) is 66.7 Å². The van der Waals surface area contributed by atoms with Crippen LogP contribution in [0.5, 0.6) is 0 Å². The van der Waals surface area contributed by atoms with Crippen molar-refractivity contribution in [1.82, 2.24) is 4.90 Å². The highest BCUT2D eigenvalue weighted by molar-refractivity contribution is 7.92. The summed E-state index contributed by atoms with van der Waals surface area (Å²) in [5.74, 6) is -1.30. The molecule has 3 aromatic carbocycles. The summed E-state index contributed by atoms with van der Waals surface area (Å²) in [6.07, 6.45) is 0. The van der Waals surface area contributed by atoms with E-state index >= 15 is 0 Å². The molecule has 0 radical (unpaired) electrons. The molecule has 6 nitrogen and oxygen atoms in total. The highest BCUT2D eigenvalue weighted by Crippen LogP contribution is 2.25. The molecule has 7 heteroatoms. The first-order chi connectivity index (χ1) is 13.0. The maximum absolute atomic E-state index is 12.5. The van der Waals surface area contributed by atoms with Gasteiger partial charge in [-0.1, -0.05) is 48.5 Å². The molecule has 1 heterocycles. The van der Waals surface area contributed by atoms with Crippen LogP contribution in [0.4, 0.5) is 5.69 Å². The van der Waals surface area contributed by atoms with Gasteiger partial charge < -0.3 is 0 Å². The van der Waals surface area contributed by atoms with Gasteiger partial charge in [-0.05, 0) is 23.6 Å². The van der Waals surface area contributed by atoms with Crippen LogP contribution in [0.25, 0.3) is 10.8 Å². The quantitative estimate of drug-likeness (QED) is 0.690. The Balaban J connectivity index is 1.51. The van der Waals surface area contributed by atoms with Gasteiger partial charge in [0, 0.05) is 11.9 Å². The number of nitrogens with zero attached hydrogens (tertiary/aromatic N) is 1. The molecule has 0 saturated heterocycles. The van der Waals surface area contributed by atoms with Crippen LogP contribution in [0.1, 0.15) is 20.7 Å². The van der Waals surface area contributed by atoms with Crippen molar-refractivity contribution in [3.63, 3.8) is 0 Å². The predicted octanol–water partition coefficient (Wildman–Crippen LogP) is 2.88. The summed E-state index contributed by atoms with van der Waals surface area (Å²) < 4.78 is 27.6. The normalized spacial score (nSPS) is 13.9. The van der Waals surface area contributed by atoms with Crippen LogP contribution >= 0.6 is 0 Å². The number of rotatable bonds is 5. The lowest BCUT2D eigenvalue weighted by Crippen LogP contribution is -2.35. The van der Waals surface area contributed by atoms with Crippen LogP contribution in [-0.4, -0.2) is 37.4 Å². The highest BCUT2D eigenvalue weighted by Gasteiger charge is 2.35. The molecule has 0 saturated carbocycles. The van der Waals surface area contributed by atoms with E-state index in [1.165, 1.54) is 0 Å². The van der Waals surface area contributed by atoms with Gasteiger partial charge >= 0.3 is 0 Å². The lowest BCUT2D eigenvalue weighted by molar-refractivity contribution is 0.0664. The molecule has 0 aliphatic carbocycles. The number of imide groups is 1. The summed E-state index contributed by atoms with van der Waals surface area (Å²) in [6, 6.07) is 19.3. The van der Waals surface area contributed by atoms with Crippen molar-refractivity contribution in [3.8, 4) is 0 Å². The molecule has 136 valence electrons. The number of sulfonamides is 1. The summed E-state index contributed by atoms with van der Waals surface area (Å²) >= 11 is 0. The first-order valence-corrected chi connectivity index (χ1v) is 10.0. The molecule has 1 aliphatic heterocycles. The molecule has 0 atom stereocenters. The summed E-state index contributed by atoms with van der Waals surface area (Å²) in [4.78, 5) is 25.7. The fourth-order valence-electron chi connectivity index (χ4n) is 3.19. The summed E-state index contributed by atoms with van der Waals surface area (Å²) in [6.45, 7) is -0.202. The fourth-order valence-corrected chi connectivity index (χ4v) is 4.22. The van der Waals surface area contributed by atoms with Gasteiger partial charge in [0.25, 0.3) is 11.8 Å². The second kappa shape index (κ2) is 6.51. The van der Waals surface area contributed by atoms with Gasteiger partial charge in [0.2, 0.25) is 10.0 Å². The van der Waals surface area contributed by atoms with E-state index < -0.39 is 21.8 Å². The molecule has 4 rings (SSSR count). The van der Waals surface area contributed by atoms with E-state index in [0.29, 0.717) is 16.8 Å². The van der Waals surface area contributed by atoms with E-state index in [-0.39, 0.29) is 12.3 Å². The smallest absolute Gasteiger partial charge is 0.261 e. The van der Waals surface area contributed by atoms with Gasteiger partial charge in [0.1, 0.15) is 0 Å². The van der Waals surface area contributed by atoms with Crippen molar-refractivity contribution >= 4 is 38.3 Å². The second-order valence-corrected chi connectivity index (χ2v) is 8.10. The molecular weight excluding hydrogens is 364 g/mol. The van der Waals surface area contributed by atoms with Crippen LogP contribution < -0.4 is 4.72 Å². The third-order valence-electron chi connectivity index (χ3n) is 4.52. The Bertz CT molecular complexity index is 1130. The van der Waals surface area contributed by atoms with Crippen molar-refractivity contribution in [2.45, 2.75) is 0 Å². The lowest BCUT2D eigenvalue weighted by atomic mass is 10.1. The van der Waals surface area contributed by atoms with E-state index in [2.05, 4.69) is 4.72 Å². The third-order valence-corrected chi connectivity index (χ3v) is 5.77. The van der Waals surface area contributed by atoms with E-state index in [1.807, 2.05) is 30.3 Å². The first-order valence-electron chi connectivity index (χ1n) is 8.40. The molecule has 2 amide bonds. The standard InChI is InChI=1S/C20H16N2O4S/c23-19-16-9-3-4-10-17(16)20(24)22(19)12-13-27(25,26)21-18-11-5-7-14-6-1-2-8-15(14)18/h1-11,21H,12-13H2. The van der Waals surface area contributed by atoms with E-state index in [9.17, 15) is 18.0 Å². The molecule has 0 spiro atoms. The van der Waals surface area contributed by atoms with Crippen molar-refractivity contribution in [2.75, 3.05) is 17.0 Å². The third kappa shape index (κ3) is 3.17. The Labute approximate surface area is 156 Å². The molecule has 0 aromatic heterocycles. The number of hydrogen-bond donors (Lipinski definition) is 1. The number of nitrogens with one attached hydrogen (secondary N) is 1. The van der Waals surface area contributed by atoms with Crippen LogP contribution in [0.3, 0.4) is 0 Å². The molecule has 0 bridgehead atoms. The van der Waals surface area contributed by atoms with Crippen molar-refractivity contribution in [3.05, 3.63) is 77.9 Å². The Kier molecular flexibility index (Phi) is 4.16. The number of benzene rings is 3. The minimum Gasteiger partial charge on any atom is -0.283 e. The summed E-state index contributed by atoms with van der Waals surface area (Å²) in [5, 5.41) is 1.70. The number of hydrogen-bond acceptors (Lipinski definition) is 4. The molecule has 0 unspecified atom stereocenters. The van der Waals surface area contributed by atoms with Gasteiger partial charge in [0.15, 0.2) is 0 Å². The maximum Gasteiger partial charge on any atom is 0.261 e. The number of carbonyl (C=O) groups excluding carboxylic acids is 2. The molecule has 3 aromatic rings. The zero-order chi connectivity index (χ0) is 19.0. The SMILES string of the molecule is O=C1c2ccccc2C(=O)N1CCS(=O)(=O)Nc1cccc2ccccc12. The molecule has 1 aliphatic rings. The summed E-state index contributed by atoms with van der Waals surface area (Å²) in [7, 11) is -3.74. The van der Waals surface area contributed by atoms with Gasteiger partial charge in [-0.3, -0.25) is 19.2 Å². The Morgan fingerprint density at radius 1 is 0.778 bits per heavy atom. The van der Waals surface area contributed by atoms with Crippen LogP contribution in [-0.2, 0) is 10.0 Å². The Morgan fingerprint density at radius 2 is 1.37 bits per heavy atom. The van der Waals surface area contributed by atoms with Gasteiger partial charge in [0.05, 0.1) is 22.6 Å². The van der Waals surface area contributed by atoms with Gasteiger partial charge in [-0.15, -0.1) is 0 Å². The number of anilines is 1.